The van der Waals surface area contributed by atoms with Crippen molar-refractivity contribution in [1.29, 1.82) is 0 Å². The predicted octanol–water partition coefficient (Wildman–Crippen LogP) is 8.02. The minimum Gasteiger partial charge on any atom is -0.491 e. The average molecular weight is 803 g/mol. The summed E-state index contributed by atoms with van der Waals surface area (Å²) in [4.78, 5) is 34.3. The van der Waals surface area contributed by atoms with E-state index >= 15 is 0 Å². The van der Waals surface area contributed by atoms with Crippen molar-refractivity contribution < 1.29 is 29.9 Å². The van der Waals surface area contributed by atoms with Crippen LogP contribution in [0.3, 0.4) is 0 Å². The fraction of sp³-hybridized carbons (Fsp3) is 0.458. The number of aromatic nitrogens is 3. The van der Waals surface area contributed by atoms with Crippen LogP contribution in [0.1, 0.15) is 95.7 Å². The lowest BCUT2D eigenvalue weighted by molar-refractivity contribution is -0.129. The van der Waals surface area contributed by atoms with Crippen molar-refractivity contribution in [2.45, 2.75) is 90.9 Å². The van der Waals surface area contributed by atoms with Crippen molar-refractivity contribution in [1.82, 2.24) is 14.5 Å². The van der Waals surface area contributed by atoms with Crippen LogP contribution < -0.4 is 20.3 Å². The number of nitrogens with one attached hydrogen (secondary N) is 1. The molecule has 4 aliphatic rings. The molecule has 2 aliphatic carbocycles. The van der Waals surface area contributed by atoms with Gasteiger partial charge in [0, 0.05) is 66.3 Å². The van der Waals surface area contributed by atoms with E-state index in [2.05, 4.69) is 39.0 Å². The standard InChI is InChI=1S/C23H26N2O4.C23H24N2O3.C2H6.H2/c1-16-11-20(29-15-21-14-27-9-10-28-21)12-23(26)25(16)17(2)22-8-7-19(13-24-22)6-5-18-3-4-18;1-27-22-15-19(24-23(26)21-4-2-3-13-28-21)14-20(25-22)18-11-9-17(10-12-18)8-7-16-5-6-16;1-2;/h7-8,11-13,17-18,21H,3-4,9-10,14-15H2,1-2H3;9-12,14-16,21H,2-6,13H2,1H3,(H,24,25,26);1-2H3;1H/t;21-;;/m.0../s1. The number of aryl methyl sites for hydroxylation is 1. The number of ether oxygens (including phenoxy) is 5. The van der Waals surface area contributed by atoms with E-state index in [-0.39, 0.29) is 31.1 Å². The van der Waals surface area contributed by atoms with Crippen LogP contribution in [0.15, 0.2) is 71.7 Å². The summed E-state index contributed by atoms with van der Waals surface area (Å²) in [6, 6.07) is 18.7. The summed E-state index contributed by atoms with van der Waals surface area (Å²) in [6.07, 6.45) is 8.93. The SMILES string of the molecule is CC.COc1cc(NC(=O)[C@@H]2CCCCO2)cc(-c2ccc(C#CC3CC3)cc2)n1.Cc1cc(OCC2COCCO2)cc(=O)n1C(C)c1ccc(C#CC2CC2)cn1.[HH]. The zero-order chi connectivity index (χ0) is 41.6. The lowest BCUT2D eigenvalue weighted by Crippen LogP contribution is -2.33. The molecule has 0 spiro atoms. The Kier molecular flexibility index (Phi) is 15.7. The zero-order valence-electron chi connectivity index (χ0n) is 34.9. The lowest BCUT2D eigenvalue weighted by Gasteiger charge is -2.23. The van der Waals surface area contributed by atoms with E-state index in [1.165, 1.54) is 31.7 Å². The Bertz CT molecular complexity index is 2180. The van der Waals surface area contributed by atoms with Crippen LogP contribution in [0.2, 0.25) is 0 Å². The first-order valence-corrected chi connectivity index (χ1v) is 20.9. The van der Waals surface area contributed by atoms with Crippen LogP contribution in [-0.4, -0.2) is 72.8 Å². The van der Waals surface area contributed by atoms with Gasteiger partial charge in [-0.3, -0.25) is 14.6 Å². The molecule has 3 aromatic heterocycles. The van der Waals surface area contributed by atoms with Crippen molar-refractivity contribution in [3.63, 3.8) is 0 Å². The molecule has 1 aromatic carbocycles. The first kappa shape index (κ1) is 43.1. The average Bonchev–Trinajstić information content (AvgIpc) is 4.23. The fourth-order valence-corrected chi connectivity index (χ4v) is 6.49. The summed E-state index contributed by atoms with van der Waals surface area (Å²) in [6.45, 7) is 10.6. The second-order valence-corrected chi connectivity index (χ2v) is 14.9. The summed E-state index contributed by atoms with van der Waals surface area (Å²) in [5.41, 5.74) is 5.78. The van der Waals surface area contributed by atoms with Crippen molar-refractivity contribution >= 4 is 11.6 Å². The third kappa shape index (κ3) is 13.0. The molecule has 4 fully saturated rings. The van der Waals surface area contributed by atoms with E-state index in [1.54, 1.807) is 23.9 Å². The van der Waals surface area contributed by atoms with Crippen molar-refractivity contribution in [2.75, 3.05) is 45.5 Å². The topological polar surface area (TPSA) is 123 Å². The molecule has 11 nitrogen and oxygen atoms in total. The maximum Gasteiger partial charge on any atom is 0.255 e. The quantitative estimate of drug-likeness (QED) is 0.168. The fourth-order valence-electron chi connectivity index (χ4n) is 6.49. The van der Waals surface area contributed by atoms with Gasteiger partial charge < -0.3 is 33.6 Å². The summed E-state index contributed by atoms with van der Waals surface area (Å²) in [7, 11) is 1.57. The number of amides is 1. The molecule has 1 amide bonds. The van der Waals surface area contributed by atoms with Gasteiger partial charge in [0.25, 0.3) is 11.5 Å². The van der Waals surface area contributed by atoms with E-state index < -0.39 is 0 Å². The molecule has 5 heterocycles. The number of carbonyl (C=O) groups is 1. The molecule has 3 atom stereocenters. The number of hydrogen-bond donors (Lipinski definition) is 1. The van der Waals surface area contributed by atoms with Gasteiger partial charge in [0.05, 0.1) is 44.4 Å². The molecule has 4 aromatic rings. The van der Waals surface area contributed by atoms with Crippen LogP contribution in [0.4, 0.5) is 5.69 Å². The number of carbonyl (C=O) groups excluding carboxylic acids is 1. The maximum absolute atomic E-state index is 12.8. The van der Waals surface area contributed by atoms with Crippen LogP contribution >= 0.6 is 0 Å². The number of hydrogen-bond acceptors (Lipinski definition) is 9. The number of nitrogens with zero attached hydrogens (tertiary/aromatic N) is 3. The van der Waals surface area contributed by atoms with Crippen molar-refractivity contribution in [3.05, 3.63) is 99.7 Å². The minimum atomic E-state index is -0.388. The summed E-state index contributed by atoms with van der Waals surface area (Å²) in [5.74, 6) is 14.9. The maximum atomic E-state index is 12.8. The Morgan fingerprint density at radius 2 is 1.64 bits per heavy atom. The third-order valence-electron chi connectivity index (χ3n) is 10.1. The normalized spacial score (nSPS) is 18.7. The Morgan fingerprint density at radius 3 is 2.25 bits per heavy atom. The van der Waals surface area contributed by atoms with Gasteiger partial charge in [0.2, 0.25) is 5.88 Å². The number of anilines is 1. The van der Waals surface area contributed by atoms with Crippen molar-refractivity contribution in [2.24, 2.45) is 11.8 Å². The van der Waals surface area contributed by atoms with Crippen molar-refractivity contribution in [3.8, 4) is 46.6 Å². The Hall–Kier alpha value is -5.46. The monoisotopic (exact) mass is 802 g/mol. The molecule has 2 aliphatic heterocycles. The second-order valence-electron chi connectivity index (χ2n) is 14.9. The van der Waals surface area contributed by atoms with Gasteiger partial charge in [0.1, 0.15) is 24.6 Å². The first-order valence-electron chi connectivity index (χ1n) is 20.9. The van der Waals surface area contributed by atoms with Gasteiger partial charge in [-0.1, -0.05) is 49.7 Å². The van der Waals surface area contributed by atoms with E-state index in [4.69, 9.17) is 23.7 Å². The summed E-state index contributed by atoms with van der Waals surface area (Å²) < 4.78 is 29.3. The van der Waals surface area contributed by atoms with E-state index in [1.807, 2.05) is 76.2 Å². The highest BCUT2D eigenvalue weighted by Gasteiger charge is 2.23. The second kappa shape index (κ2) is 21.5. The highest BCUT2D eigenvalue weighted by Crippen LogP contribution is 2.29. The van der Waals surface area contributed by atoms with E-state index in [9.17, 15) is 9.59 Å². The molecule has 0 bridgehead atoms. The third-order valence-corrected chi connectivity index (χ3v) is 10.1. The van der Waals surface area contributed by atoms with Gasteiger partial charge in [0.15, 0.2) is 0 Å². The molecule has 11 heteroatoms. The van der Waals surface area contributed by atoms with Gasteiger partial charge in [-0.2, -0.15) is 0 Å². The lowest BCUT2D eigenvalue weighted by atomic mass is 10.1. The van der Waals surface area contributed by atoms with Gasteiger partial charge in [-0.05, 0) is 95.2 Å². The largest absolute Gasteiger partial charge is 0.491 e. The molecule has 2 saturated carbocycles. The molecule has 1 N–H and O–H groups in total. The summed E-state index contributed by atoms with van der Waals surface area (Å²) in [5, 5.41) is 2.94. The highest BCUT2D eigenvalue weighted by atomic mass is 16.6. The van der Waals surface area contributed by atoms with Crippen LogP contribution in [-0.2, 0) is 19.0 Å². The highest BCUT2D eigenvalue weighted by molar-refractivity contribution is 5.94. The van der Waals surface area contributed by atoms with Gasteiger partial charge in [-0.25, -0.2) is 4.98 Å². The Balaban J connectivity index is 0.000000215. The molecule has 312 valence electrons. The minimum absolute atomic E-state index is 0. The molecular formula is C48H58N4O7. The molecule has 2 unspecified atom stereocenters. The number of rotatable bonds is 9. The van der Waals surface area contributed by atoms with Crippen LogP contribution in [0.5, 0.6) is 11.6 Å². The predicted molar refractivity (Wildman–Crippen MR) is 231 cm³/mol. The first-order chi connectivity index (χ1) is 28.8. The Labute approximate surface area is 349 Å². The molecule has 8 rings (SSSR count). The van der Waals surface area contributed by atoms with E-state index in [0.717, 1.165) is 53.0 Å². The Morgan fingerprint density at radius 1 is 0.915 bits per heavy atom. The molecule has 2 saturated heterocycles. The number of benzene rings is 1. The molecule has 59 heavy (non-hydrogen) atoms. The molecular weight excluding hydrogens is 745 g/mol. The van der Waals surface area contributed by atoms with Gasteiger partial charge in [-0.15, -0.1) is 0 Å². The van der Waals surface area contributed by atoms with E-state index in [0.29, 0.717) is 62.2 Å². The number of methoxy groups -OCH3 is 1. The van der Waals surface area contributed by atoms with Crippen LogP contribution in [0.25, 0.3) is 11.3 Å². The molecule has 0 radical (unpaired) electrons. The number of pyridine rings is 3. The van der Waals surface area contributed by atoms with Crippen LogP contribution in [0, 0.1) is 42.4 Å². The van der Waals surface area contributed by atoms with Gasteiger partial charge >= 0.3 is 0 Å². The summed E-state index contributed by atoms with van der Waals surface area (Å²) >= 11 is 0. The zero-order valence-corrected chi connectivity index (χ0v) is 34.9. The smallest absolute Gasteiger partial charge is 0.255 e.